The van der Waals surface area contributed by atoms with Gasteiger partial charge < -0.3 is 14.8 Å². The molecule has 1 N–H and O–H groups in total. The highest BCUT2D eigenvalue weighted by molar-refractivity contribution is 6.32. The van der Waals surface area contributed by atoms with Gasteiger partial charge in [0.1, 0.15) is 0 Å². The van der Waals surface area contributed by atoms with Crippen molar-refractivity contribution in [2.45, 2.75) is 20.3 Å². The molecule has 0 atom stereocenters. The van der Waals surface area contributed by atoms with Gasteiger partial charge in [-0.05, 0) is 25.5 Å². The lowest BCUT2D eigenvalue weighted by atomic mass is 10.2. The molecule has 5 heteroatoms. The Bertz CT molecular complexity index is 421. The van der Waals surface area contributed by atoms with Crippen LogP contribution in [0.25, 0.3) is 0 Å². The van der Waals surface area contributed by atoms with Gasteiger partial charge in [0.15, 0.2) is 11.5 Å². The number of nitrogens with one attached hydrogen (secondary N) is 1. The van der Waals surface area contributed by atoms with Crippen LogP contribution in [0.3, 0.4) is 0 Å². The van der Waals surface area contributed by atoms with Crippen LogP contribution in [0.5, 0.6) is 11.5 Å². The molecule has 0 saturated heterocycles. The first kappa shape index (κ1) is 14.6. The minimum atomic E-state index is -0.181. The summed E-state index contributed by atoms with van der Waals surface area (Å²) in [7, 11) is 1.52. The quantitative estimate of drug-likeness (QED) is 0.865. The Hall–Kier alpha value is -1.42. The third kappa shape index (κ3) is 3.53. The van der Waals surface area contributed by atoms with Crippen LogP contribution >= 0.6 is 11.6 Å². The van der Waals surface area contributed by atoms with E-state index in [0.29, 0.717) is 35.2 Å². The molecule has 0 bridgehead atoms. The Morgan fingerprint density at radius 1 is 1.39 bits per heavy atom. The number of carbonyl (C=O) groups is 1. The normalized spacial score (nSPS) is 10.0. The molecule has 1 aromatic rings. The first-order chi connectivity index (χ1) is 8.63. The number of hydrogen-bond acceptors (Lipinski definition) is 3. The third-order valence-electron chi connectivity index (χ3n) is 2.28. The zero-order valence-corrected chi connectivity index (χ0v) is 11.6. The van der Waals surface area contributed by atoms with E-state index in [1.165, 1.54) is 7.11 Å². The molecule has 1 amide bonds. The maximum absolute atomic E-state index is 11.7. The van der Waals surface area contributed by atoms with Gasteiger partial charge in [-0.15, -0.1) is 0 Å². The van der Waals surface area contributed by atoms with Crippen LogP contribution in [0.1, 0.15) is 30.6 Å². The molecule has 1 aromatic carbocycles. The first-order valence-electron chi connectivity index (χ1n) is 5.92. The maximum atomic E-state index is 11.7. The second kappa shape index (κ2) is 7.11. The Morgan fingerprint density at radius 3 is 2.67 bits per heavy atom. The van der Waals surface area contributed by atoms with Crippen molar-refractivity contribution in [1.82, 2.24) is 5.32 Å². The van der Waals surface area contributed by atoms with E-state index in [9.17, 15) is 4.79 Å². The highest BCUT2D eigenvalue weighted by atomic mass is 35.5. The summed E-state index contributed by atoms with van der Waals surface area (Å²) in [4.78, 5) is 11.7. The van der Waals surface area contributed by atoms with Crippen LogP contribution in [-0.4, -0.2) is 26.2 Å². The lowest BCUT2D eigenvalue weighted by Gasteiger charge is -2.13. The van der Waals surface area contributed by atoms with Crippen molar-refractivity contribution in [2.75, 3.05) is 20.3 Å². The maximum Gasteiger partial charge on any atom is 0.251 e. The van der Waals surface area contributed by atoms with Gasteiger partial charge in [0.05, 0.1) is 18.7 Å². The van der Waals surface area contributed by atoms with Crippen molar-refractivity contribution < 1.29 is 14.3 Å². The summed E-state index contributed by atoms with van der Waals surface area (Å²) in [5.74, 6) is 0.769. The molecular weight excluding hydrogens is 254 g/mol. The molecule has 0 saturated carbocycles. The van der Waals surface area contributed by atoms with E-state index in [2.05, 4.69) is 5.32 Å². The lowest BCUT2D eigenvalue weighted by Crippen LogP contribution is -2.22. The second-order valence-electron chi connectivity index (χ2n) is 3.70. The molecule has 0 aromatic heterocycles. The predicted molar refractivity (Wildman–Crippen MR) is 71.8 cm³/mol. The van der Waals surface area contributed by atoms with E-state index in [4.69, 9.17) is 21.1 Å². The Balaban J connectivity index is 3.06. The van der Waals surface area contributed by atoms with Gasteiger partial charge in [0, 0.05) is 12.1 Å². The third-order valence-corrected chi connectivity index (χ3v) is 2.56. The Labute approximate surface area is 112 Å². The van der Waals surface area contributed by atoms with Crippen molar-refractivity contribution in [1.29, 1.82) is 0 Å². The number of methoxy groups -OCH3 is 1. The molecule has 0 unspecified atom stereocenters. The second-order valence-corrected chi connectivity index (χ2v) is 4.10. The van der Waals surface area contributed by atoms with Gasteiger partial charge in [-0.3, -0.25) is 4.79 Å². The van der Waals surface area contributed by atoms with Crippen LogP contribution < -0.4 is 14.8 Å². The number of benzene rings is 1. The standard InChI is InChI=1S/C13H18ClNO3/c1-4-6-18-12-10(14)7-9(8-11(12)17-3)13(16)15-5-2/h7-8H,4-6H2,1-3H3,(H,15,16). The molecule has 0 aliphatic rings. The summed E-state index contributed by atoms with van der Waals surface area (Å²) >= 11 is 6.11. The SMILES string of the molecule is CCCOc1c(Cl)cc(C(=O)NCC)cc1OC. The fourth-order valence-corrected chi connectivity index (χ4v) is 1.72. The van der Waals surface area contributed by atoms with E-state index in [0.717, 1.165) is 6.42 Å². The van der Waals surface area contributed by atoms with Crippen molar-refractivity contribution in [3.8, 4) is 11.5 Å². The van der Waals surface area contributed by atoms with Crippen molar-refractivity contribution in [3.05, 3.63) is 22.7 Å². The van der Waals surface area contributed by atoms with E-state index < -0.39 is 0 Å². The van der Waals surface area contributed by atoms with Gasteiger partial charge in [0.25, 0.3) is 5.91 Å². The van der Waals surface area contributed by atoms with Crippen LogP contribution in [0, 0.1) is 0 Å². The number of rotatable bonds is 6. The number of halogens is 1. The Kier molecular flexibility index (Phi) is 5.78. The van der Waals surface area contributed by atoms with Crippen LogP contribution in [0.15, 0.2) is 12.1 Å². The van der Waals surface area contributed by atoms with Crippen molar-refractivity contribution in [2.24, 2.45) is 0 Å². The number of carbonyl (C=O) groups excluding carboxylic acids is 1. The molecule has 0 radical (unpaired) electrons. The zero-order chi connectivity index (χ0) is 13.5. The topological polar surface area (TPSA) is 47.6 Å². The van der Waals surface area contributed by atoms with E-state index >= 15 is 0 Å². The zero-order valence-electron chi connectivity index (χ0n) is 10.9. The number of amides is 1. The number of ether oxygens (including phenoxy) is 2. The van der Waals surface area contributed by atoms with E-state index in [1.54, 1.807) is 12.1 Å². The predicted octanol–water partition coefficient (Wildman–Crippen LogP) is 2.89. The average Bonchev–Trinajstić information content (AvgIpc) is 2.36. The molecular formula is C13H18ClNO3. The molecule has 1 rings (SSSR count). The molecule has 0 spiro atoms. The fraction of sp³-hybridized carbons (Fsp3) is 0.462. The summed E-state index contributed by atoms with van der Waals surface area (Å²) < 4.78 is 10.7. The van der Waals surface area contributed by atoms with Gasteiger partial charge >= 0.3 is 0 Å². The molecule has 4 nitrogen and oxygen atoms in total. The molecule has 0 aliphatic carbocycles. The van der Waals surface area contributed by atoms with Crippen molar-refractivity contribution in [3.63, 3.8) is 0 Å². The Morgan fingerprint density at radius 2 is 2.11 bits per heavy atom. The van der Waals surface area contributed by atoms with Gasteiger partial charge in [0.2, 0.25) is 0 Å². The molecule has 0 fully saturated rings. The highest BCUT2D eigenvalue weighted by Gasteiger charge is 2.15. The summed E-state index contributed by atoms with van der Waals surface area (Å²) in [5.41, 5.74) is 0.461. The fourth-order valence-electron chi connectivity index (χ4n) is 1.46. The first-order valence-corrected chi connectivity index (χ1v) is 6.30. The molecule has 0 heterocycles. The highest BCUT2D eigenvalue weighted by Crippen LogP contribution is 2.36. The average molecular weight is 272 g/mol. The molecule has 0 aliphatic heterocycles. The monoisotopic (exact) mass is 271 g/mol. The summed E-state index contributed by atoms with van der Waals surface area (Å²) in [6.07, 6.45) is 0.873. The van der Waals surface area contributed by atoms with Crippen LogP contribution in [-0.2, 0) is 0 Å². The molecule has 18 heavy (non-hydrogen) atoms. The largest absolute Gasteiger partial charge is 0.493 e. The lowest BCUT2D eigenvalue weighted by molar-refractivity contribution is 0.0955. The summed E-state index contributed by atoms with van der Waals surface area (Å²) in [5, 5.41) is 3.09. The minimum Gasteiger partial charge on any atom is -0.493 e. The summed E-state index contributed by atoms with van der Waals surface area (Å²) in [6, 6.07) is 3.21. The van der Waals surface area contributed by atoms with E-state index in [1.807, 2.05) is 13.8 Å². The van der Waals surface area contributed by atoms with Crippen LogP contribution in [0.2, 0.25) is 5.02 Å². The van der Waals surface area contributed by atoms with Gasteiger partial charge in [-0.1, -0.05) is 18.5 Å². The minimum absolute atomic E-state index is 0.181. The smallest absolute Gasteiger partial charge is 0.251 e. The summed E-state index contributed by atoms with van der Waals surface area (Å²) in [6.45, 7) is 4.97. The number of hydrogen-bond donors (Lipinski definition) is 1. The van der Waals surface area contributed by atoms with E-state index in [-0.39, 0.29) is 5.91 Å². The van der Waals surface area contributed by atoms with Gasteiger partial charge in [-0.2, -0.15) is 0 Å². The molecule has 100 valence electrons. The van der Waals surface area contributed by atoms with Crippen molar-refractivity contribution >= 4 is 17.5 Å². The van der Waals surface area contributed by atoms with Crippen LogP contribution in [0.4, 0.5) is 0 Å². The van der Waals surface area contributed by atoms with Gasteiger partial charge in [-0.25, -0.2) is 0 Å².